The first-order chi connectivity index (χ1) is 8.74. The summed E-state index contributed by atoms with van der Waals surface area (Å²) in [6.07, 6.45) is 0. The molecular formula is C12H15BrN2O2S. The summed E-state index contributed by atoms with van der Waals surface area (Å²) in [5, 5.41) is 4.13. The van der Waals surface area contributed by atoms with Crippen LogP contribution in [0.3, 0.4) is 0 Å². The van der Waals surface area contributed by atoms with Crippen LogP contribution in [-0.2, 0) is 4.74 Å². The quantitative estimate of drug-likeness (QED) is 0.823. The van der Waals surface area contributed by atoms with Gasteiger partial charge in [0.05, 0.1) is 17.9 Å². The number of hydrogen-bond donors (Lipinski definition) is 1. The minimum atomic E-state index is 0.634. The lowest BCUT2D eigenvalue weighted by atomic mass is 10.3. The van der Waals surface area contributed by atoms with Gasteiger partial charge in [-0.15, -0.1) is 0 Å². The summed E-state index contributed by atoms with van der Waals surface area (Å²) in [6.45, 7) is 4.02. The second-order valence-electron chi connectivity index (χ2n) is 3.62. The molecule has 0 spiro atoms. The van der Waals surface area contributed by atoms with Gasteiger partial charge in [-0.25, -0.2) is 4.98 Å². The SMILES string of the molecule is CCOc1cc(Br)cc2sc(NCCOC)nc12. The molecule has 18 heavy (non-hydrogen) atoms. The third-order valence-electron chi connectivity index (χ3n) is 2.31. The van der Waals surface area contributed by atoms with Crippen LogP contribution in [0.4, 0.5) is 5.13 Å². The van der Waals surface area contributed by atoms with E-state index in [9.17, 15) is 0 Å². The van der Waals surface area contributed by atoms with Gasteiger partial charge in [-0.2, -0.15) is 0 Å². The fraction of sp³-hybridized carbons (Fsp3) is 0.417. The predicted octanol–water partition coefficient (Wildman–Crippen LogP) is 3.52. The van der Waals surface area contributed by atoms with E-state index in [1.807, 2.05) is 13.0 Å². The van der Waals surface area contributed by atoms with Crippen LogP contribution in [0, 0.1) is 0 Å². The van der Waals surface area contributed by atoms with Crippen molar-refractivity contribution in [3.05, 3.63) is 16.6 Å². The first kappa shape index (κ1) is 13.6. The standard InChI is InChI=1S/C12H15BrN2O2S/c1-3-17-9-6-8(13)7-10-11(9)15-12(18-10)14-4-5-16-2/h6-7H,3-5H2,1-2H3,(H,14,15). The zero-order valence-electron chi connectivity index (χ0n) is 10.3. The van der Waals surface area contributed by atoms with Crippen LogP contribution in [0.25, 0.3) is 10.2 Å². The molecule has 0 atom stereocenters. The summed E-state index contributed by atoms with van der Waals surface area (Å²) in [6, 6.07) is 4.00. The third kappa shape index (κ3) is 3.13. The molecule has 0 aliphatic heterocycles. The van der Waals surface area contributed by atoms with Crippen molar-refractivity contribution < 1.29 is 9.47 Å². The van der Waals surface area contributed by atoms with Crippen molar-refractivity contribution in [3.8, 4) is 5.75 Å². The van der Waals surface area contributed by atoms with Crippen molar-refractivity contribution in [1.29, 1.82) is 0 Å². The lowest BCUT2D eigenvalue weighted by Gasteiger charge is -2.03. The Kier molecular flexibility index (Phi) is 4.79. The number of anilines is 1. The van der Waals surface area contributed by atoms with E-state index in [2.05, 4.69) is 32.3 Å². The molecule has 2 rings (SSSR count). The van der Waals surface area contributed by atoms with Gasteiger partial charge in [0.15, 0.2) is 5.13 Å². The molecule has 4 nitrogen and oxygen atoms in total. The zero-order valence-corrected chi connectivity index (χ0v) is 12.7. The highest BCUT2D eigenvalue weighted by Crippen LogP contribution is 2.35. The average molecular weight is 331 g/mol. The Morgan fingerprint density at radius 3 is 3.00 bits per heavy atom. The number of rotatable bonds is 6. The number of nitrogens with zero attached hydrogens (tertiary/aromatic N) is 1. The minimum absolute atomic E-state index is 0.634. The largest absolute Gasteiger partial charge is 0.492 e. The Bertz CT molecular complexity index is 530. The molecule has 0 amide bonds. The van der Waals surface area contributed by atoms with Gasteiger partial charge in [-0.1, -0.05) is 27.3 Å². The molecule has 0 bridgehead atoms. The number of ether oxygens (including phenoxy) is 2. The van der Waals surface area contributed by atoms with E-state index in [1.54, 1.807) is 18.4 Å². The number of fused-ring (bicyclic) bond motifs is 1. The molecule has 0 saturated heterocycles. The van der Waals surface area contributed by atoms with Crippen molar-refractivity contribution >= 4 is 42.6 Å². The normalized spacial score (nSPS) is 10.8. The molecule has 6 heteroatoms. The second-order valence-corrected chi connectivity index (χ2v) is 5.57. The van der Waals surface area contributed by atoms with Gasteiger partial charge in [0.1, 0.15) is 11.3 Å². The molecule has 0 fully saturated rings. The lowest BCUT2D eigenvalue weighted by Crippen LogP contribution is -2.06. The van der Waals surface area contributed by atoms with Gasteiger partial charge in [-0.3, -0.25) is 0 Å². The van der Waals surface area contributed by atoms with Crippen molar-refractivity contribution in [2.24, 2.45) is 0 Å². The van der Waals surface area contributed by atoms with Crippen molar-refractivity contribution in [2.45, 2.75) is 6.92 Å². The topological polar surface area (TPSA) is 43.4 Å². The Hall–Kier alpha value is -0.850. The number of hydrogen-bond acceptors (Lipinski definition) is 5. The summed E-state index contributed by atoms with van der Waals surface area (Å²) in [5.74, 6) is 0.818. The summed E-state index contributed by atoms with van der Waals surface area (Å²) in [5.41, 5.74) is 0.907. The van der Waals surface area contributed by atoms with Crippen LogP contribution in [0.1, 0.15) is 6.92 Å². The number of benzene rings is 1. The predicted molar refractivity (Wildman–Crippen MR) is 78.9 cm³/mol. The van der Waals surface area contributed by atoms with Crippen molar-refractivity contribution in [2.75, 3.05) is 32.2 Å². The molecule has 0 unspecified atom stereocenters. The second kappa shape index (κ2) is 6.36. The maximum Gasteiger partial charge on any atom is 0.184 e. The van der Waals surface area contributed by atoms with E-state index in [-0.39, 0.29) is 0 Å². The summed E-state index contributed by atoms with van der Waals surface area (Å²) in [7, 11) is 1.68. The fourth-order valence-corrected chi connectivity index (χ4v) is 3.10. The molecule has 0 aliphatic carbocycles. The van der Waals surface area contributed by atoms with E-state index in [4.69, 9.17) is 9.47 Å². The highest BCUT2D eigenvalue weighted by molar-refractivity contribution is 9.10. The van der Waals surface area contributed by atoms with Crippen molar-refractivity contribution in [1.82, 2.24) is 4.98 Å². The molecule has 0 radical (unpaired) electrons. The van der Waals surface area contributed by atoms with Crippen LogP contribution in [0.5, 0.6) is 5.75 Å². The lowest BCUT2D eigenvalue weighted by molar-refractivity contribution is 0.211. The maximum atomic E-state index is 5.60. The smallest absolute Gasteiger partial charge is 0.184 e. The van der Waals surface area contributed by atoms with Gasteiger partial charge in [0.2, 0.25) is 0 Å². The Labute approximate surface area is 118 Å². The van der Waals surface area contributed by atoms with E-state index in [0.29, 0.717) is 13.2 Å². The Morgan fingerprint density at radius 1 is 1.44 bits per heavy atom. The van der Waals surface area contributed by atoms with Gasteiger partial charge in [0.25, 0.3) is 0 Å². The summed E-state index contributed by atoms with van der Waals surface area (Å²) < 4.78 is 12.7. The van der Waals surface area contributed by atoms with Crippen LogP contribution < -0.4 is 10.1 Å². The van der Waals surface area contributed by atoms with E-state index < -0.39 is 0 Å². The molecular weight excluding hydrogens is 316 g/mol. The first-order valence-corrected chi connectivity index (χ1v) is 7.31. The highest BCUT2D eigenvalue weighted by Gasteiger charge is 2.10. The van der Waals surface area contributed by atoms with Gasteiger partial charge in [0, 0.05) is 18.1 Å². The van der Waals surface area contributed by atoms with E-state index in [0.717, 1.165) is 32.1 Å². The summed E-state index contributed by atoms with van der Waals surface area (Å²) >= 11 is 5.10. The van der Waals surface area contributed by atoms with E-state index >= 15 is 0 Å². The van der Waals surface area contributed by atoms with Crippen LogP contribution in [0.15, 0.2) is 16.6 Å². The minimum Gasteiger partial charge on any atom is -0.492 e. The van der Waals surface area contributed by atoms with Gasteiger partial charge < -0.3 is 14.8 Å². The Balaban J connectivity index is 2.28. The highest BCUT2D eigenvalue weighted by atomic mass is 79.9. The number of thiazole rings is 1. The van der Waals surface area contributed by atoms with Crippen LogP contribution in [-0.4, -0.2) is 31.9 Å². The fourth-order valence-electron chi connectivity index (χ4n) is 1.57. The first-order valence-electron chi connectivity index (χ1n) is 5.70. The van der Waals surface area contributed by atoms with E-state index in [1.165, 1.54) is 0 Å². The molecule has 2 aromatic rings. The molecule has 1 heterocycles. The molecule has 0 saturated carbocycles. The zero-order chi connectivity index (χ0) is 13.0. The monoisotopic (exact) mass is 330 g/mol. The summed E-state index contributed by atoms with van der Waals surface area (Å²) in [4.78, 5) is 4.55. The van der Waals surface area contributed by atoms with Crippen molar-refractivity contribution in [3.63, 3.8) is 0 Å². The number of halogens is 1. The average Bonchev–Trinajstić information content (AvgIpc) is 2.72. The number of aromatic nitrogens is 1. The van der Waals surface area contributed by atoms with Crippen LogP contribution in [0.2, 0.25) is 0 Å². The molecule has 1 N–H and O–H groups in total. The number of nitrogens with one attached hydrogen (secondary N) is 1. The van der Waals surface area contributed by atoms with Gasteiger partial charge >= 0.3 is 0 Å². The third-order valence-corrected chi connectivity index (χ3v) is 3.72. The van der Waals surface area contributed by atoms with Crippen LogP contribution >= 0.6 is 27.3 Å². The molecule has 1 aromatic heterocycles. The maximum absolute atomic E-state index is 5.60. The number of methoxy groups -OCH3 is 1. The Morgan fingerprint density at radius 2 is 2.28 bits per heavy atom. The van der Waals surface area contributed by atoms with Gasteiger partial charge in [-0.05, 0) is 19.1 Å². The molecule has 1 aromatic carbocycles. The molecule has 0 aliphatic rings. The molecule has 98 valence electrons.